The van der Waals surface area contributed by atoms with Crippen LogP contribution in [0.1, 0.15) is 43.7 Å². The maximum absolute atomic E-state index is 3.61. The van der Waals surface area contributed by atoms with Crippen LogP contribution < -0.4 is 5.32 Å². The number of nitrogens with one attached hydrogen (secondary N) is 1. The number of rotatable bonds is 5. The second-order valence-corrected chi connectivity index (χ2v) is 6.61. The van der Waals surface area contributed by atoms with Crippen molar-refractivity contribution in [3.05, 3.63) is 35.4 Å². The van der Waals surface area contributed by atoms with Gasteiger partial charge in [-0.2, -0.15) is 0 Å². The zero-order valence-corrected chi connectivity index (χ0v) is 12.9. The second-order valence-electron chi connectivity index (χ2n) is 6.61. The molecule has 1 aliphatic carbocycles. The summed E-state index contributed by atoms with van der Waals surface area (Å²) in [4.78, 5) is 2.71. The van der Waals surface area contributed by atoms with Crippen molar-refractivity contribution in [2.45, 2.75) is 45.1 Å². The molecule has 3 unspecified atom stereocenters. The summed E-state index contributed by atoms with van der Waals surface area (Å²) in [5, 5.41) is 3.61. The van der Waals surface area contributed by atoms with Gasteiger partial charge in [0.1, 0.15) is 0 Å². The minimum Gasteiger partial charge on any atom is -0.314 e. The first kappa shape index (κ1) is 14.1. The fourth-order valence-corrected chi connectivity index (χ4v) is 3.99. The van der Waals surface area contributed by atoms with Gasteiger partial charge in [-0.1, -0.05) is 31.2 Å². The molecule has 1 aliphatic heterocycles. The van der Waals surface area contributed by atoms with E-state index in [0.29, 0.717) is 6.04 Å². The highest BCUT2D eigenvalue weighted by Gasteiger charge is 2.30. The highest BCUT2D eigenvalue weighted by Crippen LogP contribution is 2.36. The van der Waals surface area contributed by atoms with Crippen LogP contribution in [0.25, 0.3) is 0 Å². The quantitative estimate of drug-likeness (QED) is 0.886. The van der Waals surface area contributed by atoms with E-state index in [9.17, 15) is 0 Å². The molecule has 1 N–H and O–H groups in total. The Labute approximate surface area is 123 Å². The molecule has 0 saturated carbocycles. The molecule has 0 amide bonds. The van der Waals surface area contributed by atoms with E-state index >= 15 is 0 Å². The predicted octanol–water partition coefficient (Wildman–Crippen LogP) is 3.04. The number of fused-ring (bicyclic) bond motifs is 1. The lowest BCUT2D eigenvalue weighted by molar-refractivity contribution is 0.141. The van der Waals surface area contributed by atoms with Gasteiger partial charge in [0.15, 0.2) is 0 Å². The van der Waals surface area contributed by atoms with Crippen LogP contribution in [0.3, 0.4) is 0 Å². The van der Waals surface area contributed by atoms with Gasteiger partial charge in [-0.15, -0.1) is 0 Å². The Morgan fingerprint density at radius 1 is 1.35 bits per heavy atom. The molecule has 1 heterocycles. The Morgan fingerprint density at radius 3 is 3.00 bits per heavy atom. The van der Waals surface area contributed by atoms with E-state index in [1.54, 1.807) is 11.1 Å². The molecular weight excluding hydrogens is 244 g/mol. The molecule has 110 valence electrons. The fourth-order valence-electron chi connectivity index (χ4n) is 3.99. The van der Waals surface area contributed by atoms with Crippen molar-refractivity contribution in [1.29, 1.82) is 0 Å². The first-order valence-corrected chi connectivity index (χ1v) is 8.31. The van der Waals surface area contributed by atoms with Crippen molar-refractivity contribution in [3.63, 3.8) is 0 Å². The van der Waals surface area contributed by atoms with Crippen molar-refractivity contribution in [3.8, 4) is 0 Å². The molecule has 0 spiro atoms. The van der Waals surface area contributed by atoms with E-state index in [0.717, 1.165) is 18.4 Å². The normalized spacial score (nSPS) is 27.7. The highest BCUT2D eigenvalue weighted by molar-refractivity contribution is 5.40. The number of likely N-dealkylation sites (tertiary alicyclic amines) is 1. The molecule has 0 radical (unpaired) electrons. The summed E-state index contributed by atoms with van der Waals surface area (Å²) in [5.41, 5.74) is 3.18. The Bertz CT molecular complexity index is 443. The third-order valence-electron chi connectivity index (χ3n) is 5.21. The molecule has 2 aliphatic rings. The van der Waals surface area contributed by atoms with Crippen molar-refractivity contribution < 1.29 is 0 Å². The smallest absolute Gasteiger partial charge is 0.00791 e. The van der Waals surface area contributed by atoms with Gasteiger partial charge in [-0.25, -0.2) is 0 Å². The third kappa shape index (κ3) is 2.91. The fraction of sp³-hybridized carbons (Fsp3) is 0.667. The van der Waals surface area contributed by atoms with Gasteiger partial charge in [-0.05, 0) is 56.3 Å². The number of hydrogen-bond donors (Lipinski definition) is 1. The summed E-state index contributed by atoms with van der Waals surface area (Å²) in [5.74, 6) is 1.62. The average molecular weight is 272 g/mol. The Hall–Kier alpha value is -0.860. The van der Waals surface area contributed by atoms with Gasteiger partial charge in [-0.3, -0.25) is 0 Å². The summed E-state index contributed by atoms with van der Waals surface area (Å²) in [7, 11) is 0. The van der Waals surface area contributed by atoms with Crippen LogP contribution in [0, 0.1) is 5.92 Å². The number of nitrogens with zero attached hydrogens (tertiary/aromatic N) is 1. The highest BCUT2D eigenvalue weighted by atomic mass is 15.1. The molecule has 20 heavy (non-hydrogen) atoms. The number of benzene rings is 1. The van der Waals surface area contributed by atoms with E-state index in [1.165, 1.54) is 38.9 Å². The SMILES string of the molecule is CCNC(C)C1CCCN(CC2Cc3ccccc32)C1. The molecule has 1 fully saturated rings. The van der Waals surface area contributed by atoms with Crippen LogP contribution >= 0.6 is 0 Å². The zero-order chi connectivity index (χ0) is 13.9. The van der Waals surface area contributed by atoms with Crippen LogP contribution in [0.15, 0.2) is 24.3 Å². The van der Waals surface area contributed by atoms with Gasteiger partial charge in [0.05, 0.1) is 0 Å². The molecular formula is C18H28N2. The molecule has 1 saturated heterocycles. The van der Waals surface area contributed by atoms with E-state index in [-0.39, 0.29) is 0 Å². The molecule has 0 bridgehead atoms. The molecule has 1 aromatic rings. The summed E-state index contributed by atoms with van der Waals surface area (Å²) in [6.45, 7) is 9.51. The predicted molar refractivity (Wildman–Crippen MR) is 85.2 cm³/mol. The van der Waals surface area contributed by atoms with Gasteiger partial charge in [0.2, 0.25) is 0 Å². The first-order chi connectivity index (χ1) is 9.78. The van der Waals surface area contributed by atoms with Crippen molar-refractivity contribution in [1.82, 2.24) is 10.2 Å². The van der Waals surface area contributed by atoms with Crippen LogP contribution in [0.2, 0.25) is 0 Å². The summed E-state index contributed by atoms with van der Waals surface area (Å²) in [6.07, 6.45) is 4.06. The lowest BCUT2D eigenvalue weighted by Gasteiger charge is -2.40. The Morgan fingerprint density at radius 2 is 2.20 bits per heavy atom. The van der Waals surface area contributed by atoms with E-state index in [2.05, 4.69) is 48.3 Å². The number of hydrogen-bond acceptors (Lipinski definition) is 2. The summed E-state index contributed by atoms with van der Waals surface area (Å²) < 4.78 is 0. The van der Waals surface area contributed by atoms with Crippen molar-refractivity contribution in [2.24, 2.45) is 5.92 Å². The number of piperidine rings is 1. The molecule has 0 aromatic heterocycles. The van der Waals surface area contributed by atoms with Crippen LogP contribution in [-0.4, -0.2) is 37.1 Å². The van der Waals surface area contributed by atoms with Gasteiger partial charge >= 0.3 is 0 Å². The van der Waals surface area contributed by atoms with E-state index in [4.69, 9.17) is 0 Å². The van der Waals surface area contributed by atoms with E-state index in [1.807, 2.05) is 0 Å². The minimum absolute atomic E-state index is 0.663. The monoisotopic (exact) mass is 272 g/mol. The first-order valence-electron chi connectivity index (χ1n) is 8.31. The largest absolute Gasteiger partial charge is 0.314 e. The van der Waals surface area contributed by atoms with Crippen LogP contribution in [-0.2, 0) is 6.42 Å². The maximum atomic E-state index is 3.61. The average Bonchev–Trinajstić information content (AvgIpc) is 2.45. The Kier molecular flexibility index (Phi) is 4.42. The van der Waals surface area contributed by atoms with Crippen LogP contribution in [0.5, 0.6) is 0 Å². The Balaban J connectivity index is 1.54. The van der Waals surface area contributed by atoms with Crippen molar-refractivity contribution in [2.75, 3.05) is 26.2 Å². The maximum Gasteiger partial charge on any atom is 0.00791 e. The van der Waals surface area contributed by atoms with Crippen molar-refractivity contribution >= 4 is 0 Å². The third-order valence-corrected chi connectivity index (χ3v) is 5.21. The van der Waals surface area contributed by atoms with Gasteiger partial charge in [0.25, 0.3) is 0 Å². The molecule has 2 heteroatoms. The van der Waals surface area contributed by atoms with Crippen LogP contribution in [0.4, 0.5) is 0 Å². The molecule has 3 atom stereocenters. The summed E-state index contributed by atoms with van der Waals surface area (Å²) >= 11 is 0. The molecule has 1 aromatic carbocycles. The zero-order valence-electron chi connectivity index (χ0n) is 12.9. The molecule has 2 nitrogen and oxygen atoms in total. The lowest BCUT2D eigenvalue weighted by Crippen LogP contribution is -2.46. The van der Waals surface area contributed by atoms with E-state index < -0.39 is 0 Å². The topological polar surface area (TPSA) is 15.3 Å². The lowest BCUT2D eigenvalue weighted by atomic mass is 9.77. The standard InChI is InChI=1S/C18H28N2/c1-3-19-14(2)16-8-6-10-20(12-16)13-17-11-15-7-4-5-9-18(15)17/h4-5,7,9,14,16-17,19H,3,6,8,10-13H2,1-2H3. The van der Waals surface area contributed by atoms with Gasteiger partial charge in [0, 0.05) is 25.0 Å². The minimum atomic E-state index is 0.663. The molecule has 3 rings (SSSR count). The second kappa shape index (κ2) is 6.28. The van der Waals surface area contributed by atoms with Gasteiger partial charge < -0.3 is 10.2 Å². The summed E-state index contributed by atoms with van der Waals surface area (Å²) in [6, 6.07) is 9.64.